The summed E-state index contributed by atoms with van der Waals surface area (Å²) in [6, 6.07) is 5.08. The molecule has 1 amide bonds. The third-order valence-corrected chi connectivity index (χ3v) is 4.90. The molecule has 6 nitrogen and oxygen atoms in total. The van der Waals surface area contributed by atoms with Crippen molar-refractivity contribution in [2.75, 3.05) is 25.6 Å². The molecule has 1 aromatic carbocycles. The Labute approximate surface area is 162 Å². The maximum absolute atomic E-state index is 12.6. The number of ether oxygens (including phenoxy) is 3. The van der Waals surface area contributed by atoms with Crippen LogP contribution in [0.1, 0.15) is 16.8 Å². The number of rotatable bonds is 5. The summed E-state index contributed by atoms with van der Waals surface area (Å²) in [5.41, 5.74) is 1.08. The third kappa shape index (κ3) is 4.31. The fourth-order valence-corrected chi connectivity index (χ4v) is 3.54. The zero-order chi connectivity index (χ0) is 17.8. The van der Waals surface area contributed by atoms with Gasteiger partial charge in [0, 0.05) is 24.4 Å². The smallest absolute Gasteiger partial charge is 0.255 e. The van der Waals surface area contributed by atoms with Crippen molar-refractivity contribution in [1.29, 1.82) is 0 Å². The van der Waals surface area contributed by atoms with Gasteiger partial charge < -0.3 is 19.5 Å². The molecule has 1 aliphatic heterocycles. The zero-order valence-electron chi connectivity index (χ0n) is 13.4. The Morgan fingerprint density at radius 2 is 2.04 bits per heavy atom. The second kappa shape index (κ2) is 8.16. The summed E-state index contributed by atoms with van der Waals surface area (Å²) in [6.07, 6.45) is 4.01. The number of carbonyl (C=O) groups is 1. The van der Waals surface area contributed by atoms with E-state index >= 15 is 0 Å². The van der Waals surface area contributed by atoms with Crippen LogP contribution in [-0.2, 0) is 4.74 Å². The first kappa shape index (κ1) is 18.2. The lowest BCUT2D eigenvalue weighted by Gasteiger charge is -2.16. The van der Waals surface area contributed by atoms with E-state index in [1.807, 2.05) is 0 Å². The molecule has 1 atom stereocenters. The molecule has 1 unspecified atom stereocenters. The lowest BCUT2D eigenvalue weighted by atomic mass is 10.1. The van der Waals surface area contributed by atoms with Crippen LogP contribution in [0.5, 0.6) is 11.5 Å². The molecule has 1 aromatic heterocycles. The van der Waals surface area contributed by atoms with E-state index < -0.39 is 0 Å². The van der Waals surface area contributed by atoms with E-state index in [9.17, 15) is 4.79 Å². The Bertz CT molecular complexity index is 759. The van der Waals surface area contributed by atoms with Gasteiger partial charge in [0.25, 0.3) is 5.91 Å². The normalized spacial score (nSPS) is 16.5. The molecule has 1 saturated heterocycles. The standard InChI is InChI=1S/C17H16Br2N2O4/c1-23-14-3-2-10(6-15(14)25-11-4-5-24-9-11)17(22)21-16-12(18)7-20-8-13(16)19/h2-3,6-8,11H,4-5,9H2,1H3,(H,20,21,22). The van der Waals surface area contributed by atoms with Gasteiger partial charge in [-0.15, -0.1) is 0 Å². The first-order valence-corrected chi connectivity index (χ1v) is 9.20. The molecule has 2 heterocycles. The van der Waals surface area contributed by atoms with Gasteiger partial charge in [-0.3, -0.25) is 9.78 Å². The van der Waals surface area contributed by atoms with Gasteiger partial charge in [-0.05, 0) is 50.1 Å². The molecule has 1 N–H and O–H groups in total. The first-order chi connectivity index (χ1) is 12.1. The number of carbonyl (C=O) groups excluding carboxylic acids is 1. The molecule has 0 saturated carbocycles. The lowest BCUT2D eigenvalue weighted by molar-refractivity contribution is 0.102. The van der Waals surface area contributed by atoms with Gasteiger partial charge in [0.15, 0.2) is 11.5 Å². The Kier molecular flexibility index (Phi) is 5.93. The summed E-state index contributed by atoms with van der Waals surface area (Å²) in [5, 5.41) is 2.86. The Hall–Kier alpha value is -1.64. The molecular weight excluding hydrogens is 456 g/mol. The van der Waals surface area contributed by atoms with E-state index in [1.165, 1.54) is 0 Å². The summed E-state index contributed by atoms with van der Waals surface area (Å²) in [6.45, 7) is 1.22. The van der Waals surface area contributed by atoms with Crippen LogP contribution in [0.2, 0.25) is 0 Å². The number of methoxy groups -OCH3 is 1. The van der Waals surface area contributed by atoms with Gasteiger partial charge >= 0.3 is 0 Å². The zero-order valence-corrected chi connectivity index (χ0v) is 16.6. The minimum atomic E-state index is -0.261. The van der Waals surface area contributed by atoms with Crippen LogP contribution in [0.4, 0.5) is 5.69 Å². The van der Waals surface area contributed by atoms with Crippen molar-refractivity contribution in [3.8, 4) is 11.5 Å². The minimum absolute atomic E-state index is 0.0318. The van der Waals surface area contributed by atoms with Gasteiger partial charge in [0.1, 0.15) is 6.10 Å². The number of hydrogen-bond donors (Lipinski definition) is 1. The third-order valence-electron chi connectivity index (χ3n) is 3.70. The van der Waals surface area contributed by atoms with Crippen molar-refractivity contribution in [1.82, 2.24) is 4.98 Å². The predicted molar refractivity (Wildman–Crippen MR) is 100 cm³/mol. The molecule has 0 radical (unpaired) electrons. The van der Waals surface area contributed by atoms with E-state index in [0.29, 0.717) is 44.9 Å². The van der Waals surface area contributed by atoms with Crippen LogP contribution >= 0.6 is 31.9 Å². The number of halogens is 2. The van der Waals surface area contributed by atoms with Crippen LogP contribution in [-0.4, -0.2) is 37.3 Å². The topological polar surface area (TPSA) is 69.7 Å². The summed E-state index contributed by atoms with van der Waals surface area (Å²) < 4.78 is 17.9. The van der Waals surface area contributed by atoms with E-state index in [0.717, 1.165) is 6.42 Å². The van der Waals surface area contributed by atoms with Crippen LogP contribution < -0.4 is 14.8 Å². The van der Waals surface area contributed by atoms with E-state index in [4.69, 9.17) is 14.2 Å². The fourth-order valence-electron chi connectivity index (χ4n) is 2.41. The molecular formula is C17H16Br2N2O4. The SMILES string of the molecule is COc1ccc(C(=O)Nc2c(Br)cncc2Br)cc1OC1CCOC1. The molecule has 1 aliphatic rings. The quantitative estimate of drug-likeness (QED) is 0.712. The van der Waals surface area contributed by atoms with Crippen LogP contribution in [0.25, 0.3) is 0 Å². The maximum atomic E-state index is 12.6. The number of aromatic nitrogens is 1. The van der Waals surface area contributed by atoms with Gasteiger partial charge in [-0.2, -0.15) is 0 Å². The number of nitrogens with one attached hydrogen (secondary N) is 1. The fraction of sp³-hybridized carbons (Fsp3) is 0.294. The molecule has 8 heteroatoms. The molecule has 2 aromatic rings. The maximum Gasteiger partial charge on any atom is 0.255 e. The van der Waals surface area contributed by atoms with Crippen LogP contribution in [0.15, 0.2) is 39.5 Å². The van der Waals surface area contributed by atoms with Gasteiger partial charge in [-0.25, -0.2) is 0 Å². The van der Waals surface area contributed by atoms with E-state index in [-0.39, 0.29) is 12.0 Å². The highest BCUT2D eigenvalue weighted by Gasteiger charge is 2.20. The number of anilines is 1. The number of nitrogens with zero attached hydrogens (tertiary/aromatic N) is 1. The molecule has 0 spiro atoms. The van der Waals surface area contributed by atoms with Crippen molar-refractivity contribution in [3.05, 3.63) is 45.1 Å². The lowest BCUT2D eigenvalue weighted by Crippen LogP contribution is -2.17. The molecule has 0 bridgehead atoms. The van der Waals surface area contributed by atoms with Crippen LogP contribution in [0, 0.1) is 0 Å². The number of pyridine rings is 1. The molecule has 132 valence electrons. The predicted octanol–water partition coefficient (Wildman–Crippen LogP) is 4.04. The van der Waals surface area contributed by atoms with Crippen molar-refractivity contribution in [2.24, 2.45) is 0 Å². The van der Waals surface area contributed by atoms with Crippen molar-refractivity contribution < 1.29 is 19.0 Å². The molecule has 25 heavy (non-hydrogen) atoms. The first-order valence-electron chi connectivity index (χ1n) is 7.61. The number of amides is 1. The van der Waals surface area contributed by atoms with E-state index in [1.54, 1.807) is 37.7 Å². The average Bonchev–Trinajstić information content (AvgIpc) is 3.11. The largest absolute Gasteiger partial charge is 0.493 e. The highest BCUT2D eigenvalue weighted by atomic mass is 79.9. The number of hydrogen-bond acceptors (Lipinski definition) is 5. The van der Waals surface area contributed by atoms with Crippen molar-refractivity contribution in [3.63, 3.8) is 0 Å². The highest BCUT2D eigenvalue weighted by Crippen LogP contribution is 2.32. The molecule has 0 aliphatic carbocycles. The van der Waals surface area contributed by atoms with Gasteiger partial charge in [0.05, 0.1) is 35.0 Å². The monoisotopic (exact) mass is 470 g/mol. The Morgan fingerprint density at radius 3 is 2.68 bits per heavy atom. The van der Waals surface area contributed by atoms with Crippen molar-refractivity contribution >= 4 is 43.5 Å². The average molecular weight is 472 g/mol. The molecule has 3 rings (SSSR count). The summed E-state index contributed by atoms with van der Waals surface area (Å²) in [4.78, 5) is 16.6. The minimum Gasteiger partial charge on any atom is -0.493 e. The van der Waals surface area contributed by atoms with Crippen molar-refractivity contribution in [2.45, 2.75) is 12.5 Å². The summed E-state index contributed by atoms with van der Waals surface area (Å²) in [7, 11) is 1.57. The summed E-state index contributed by atoms with van der Waals surface area (Å²) >= 11 is 6.76. The second-order valence-corrected chi connectivity index (χ2v) is 7.11. The molecule has 1 fully saturated rings. The van der Waals surface area contributed by atoms with Gasteiger partial charge in [0.2, 0.25) is 0 Å². The second-order valence-electron chi connectivity index (χ2n) is 5.40. The van der Waals surface area contributed by atoms with E-state index in [2.05, 4.69) is 42.2 Å². The summed E-state index contributed by atoms with van der Waals surface area (Å²) in [5.74, 6) is 0.844. The highest BCUT2D eigenvalue weighted by molar-refractivity contribution is 9.11. The van der Waals surface area contributed by atoms with Crippen LogP contribution in [0.3, 0.4) is 0 Å². The Morgan fingerprint density at radius 1 is 1.28 bits per heavy atom. The number of benzene rings is 1. The Balaban J connectivity index is 1.82. The van der Waals surface area contributed by atoms with Gasteiger partial charge in [-0.1, -0.05) is 0 Å².